The van der Waals surface area contributed by atoms with Gasteiger partial charge >= 0.3 is 0 Å². The molecule has 0 radical (unpaired) electrons. The van der Waals surface area contributed by atoms with Crippen molar-refractivity contribution in [3.8, 4) is 44.8 Å². The first-order valence-corrected chi connectivity index (χ1v) is 23.0. The maximum atomic E-state index is 2.48. The van der Waals surface area contributed by atoms with E-state index < -0.39 is 0 Å². The van der Waals surface area contributed by atoms with Crippen molar-refractivity contribution in [2.75, 3.05) is 0 Å². The maximum Gasteiger partial charge on any atom is 0.0547 e. The van der Waals surface area contributed by atoms with Crippen molar-refractivity contribution in [1.82, 2.24) is 9.13 Å². The molecule has 298 valence electrons. The minimum absolute atomic E-state index is 0.0755. The normalized spacial score (nSPS) is 14.6. The Labute approximate surface area is 369 Å². The molecule has 0 fully saturated rings. The Morgan fingerprint density at radius 2 is 0.889 bits per heavy atom. The summed E-state index contributed by atoms with van der Waals surface area (Å²) in [6.45, 7) is 9.54. The van der Waals surface area contributed by atoms with Crippen molar-refractivity contribution in [2.24, 2.45) is 0 Å². The molecule has 2 aliphatic rings. The van der Waals surface area contributed by atoms with Gasteiger partial charge in [0.25, 0.3) is 0 Å². The van der Waals surface area contributed by atoms with Crippen molar-refractivity contribution in [3.05, 3.63) is 204 Å². The predicted molar refractivity (Wildman–Crippen MR) is 269 cm³/mol. The smallest absolute Gasteiger partial charge is 0.0547 e. The molecule has 12 aromatic rings. The lowest BCUT2D eigenvalue weighted by molar-refractivity contribution is 0.660. The fourth-order valence-corrected chi connectivity index (χ4v) is 13.1. The number of hydrogen-bond acceptors (Lipinski definition) is 1. The van der Waals surface area contributed by atoms with Gasteiger partial charge < -0.3 is 9.13 Å². The van der Waals surface area contributed by atoms with Crippen molar-refractivity contribution in [3.63, 3.8) is 0 Å². The van der Waals surface area contributed by atoms with E-state index >= 15 is 0 Å². The number of thiophene rings is 1. The van der Waals surface area contributed by atoms with Crippen LogP contribution in [0.5, 0.6) is 0 Å². The van der Waals surface area contributed by atoms with E-state index in [4.69, 9.17) is 0 Å². The number of aromatic nitrogens is 2. The van der Waals surface area contributed by atoms with E-state index in [1.54, 1.807) is 0 Å². The third-order valence-corrected chi connectivity index (χ3v) is 16.1. The summed E-state index contributed by atoms with van der Waals surface area (Å²) in [6.07, 6.45) is 0. The molecule has 0 bridgehead atoms. The van der Waals surface area contributed by atoms with Gasteiger partial charge in [-0.3, -0.25) is 0 Å². The third kappa shape index (κ3) is 4.62. The summed E-state index contributed by atoms with van der Waals surface area (Å²) in [6, 6.07) is 68.8. The Morgan fingerprint density at radius 3 is 1.68 bits per heavy atom. The Morgan fingerprint density at radius 1 is 0.349 bits per heavy atom. The first-order chi connectivity index (χ1) is 30.8. The van der Waals surface area contributed by atoms with Crippen molar-refractivity contribution < 1.29 is 0 Å². The van der Waals surface area contributed by atoms with E-state index in [2.05, 4.69) is 219 Å². The Balaban J connectivity index is 0.919. The zero-order chi connectivity index (χ0) is 41.9. The molecule has 0 atom stereocenters. The predicted octanol–water partition coefficient (Wildman–Crippen LogP) is 16.5. The zero-order valence-corrected chi connectivity index (χ0v) is 36.4. The summed E-state index contributed by atoms with van der Waals surface area (Å²) in [4.78, 5) is 0. The van der Waals surface area contributed by atoms with Gasteiger partial charge in [-0.1, -0.05) is 149 Å². The fourth-order valence-electron chi connectivity index (χ4n) is 11.8. The number of nitrogens with zero attached hydrogens (tertiary/aromatic N) is 2. The van der Waals surface area contributed by atoms with E-state index in [-0.39, 0.29) is 10.8 Å². The minimum Gasteiger partial charge on any atom is -0.309 e. The summed E-state index contributed by atoms with van der Waals surface area (Å²) in [5.41, 5.74) is 20.6. The van der Waals surface area contributed by atoms with E-state index in [0.29, 0.717) is 0 Å². The number of hydrogen-bond donors (Lipinski definition) is 0. The standard InChI is InChI=1S/C60H42N2S/c1-59(2)48-17-9-5-13-39(48)40-26-23-38(33-50(40)59)62-52-18-10-6-14-41(52)43-25-21-36(32-55(43)62)35-22-30-54-47(31-35)42-15-7-11-19-53(42)61(54)37-24-27-46-51(34-37)60(3,4)49-29-28-45-44-16-8-12-20-56(44)63-58(45)57(46)49/h5-34H,1-4H3. The number of fused-ring (bicyclic) bond motifs is 16. The molecule has 3 aromatic heterocycles. The summed E-state index contributed by atoms with van der Waals surface area (Å²) < 4.78 is 7.72. The molecule has 63 heavy (non-hydrogen) atoms. The maximum absolute atomic E-state index is 2.48. The van der Waals surface area contributed by atoms with E-state index in [0.717, 1.165) is 0 Å². The van der Waals surface area contributed by atoms with Crippen LogP contribution in [0.25, 0.3) is 109 Å². The summed E-state index contributed by atoms with van der Waals surface area (Å²) in [7, 11) is 0. The Bertz CT molecular complexity index is 3980. The molecule has 3 heteroatoms. The van der Waals surface area contributed by atoms with Crippen LogP contribution < -0.4 is 0 Å². The molecule has 0 saturated carbocycles. The average Bonchev–Trinajstić information content (AvgIpc) is 4.07. The molecular formula is C60H42N2S. The molecule has 0 amide bonds. The molecule has 0 spiro atoms. The second kappa shape index (κ2) is 12.2. The van der Waals surface area contributed by atoms with Crippen LogP contribution in [0.1, 0.15) is 49.9 Å². The minimum atomic E-state index is -0.126. The highest BCUT2D eigenvalue weighted by Gasteiger charge is 2.38. The molecule has 0 saturated heterocycles. The largest absolute Gasteiger partial charge is 0.309 e. The van der Waals surface area contributed by atoms with E-state index in [1.807, 2.05) is 11.3 Å². The third-order valence-electron chi connectivity index (χ3n) is 14.9. The molecular weight excluding hydrogens is 781 g/mol. The highest BCUT2D eigenvalue weighted by molar-refractivity contribution is 7.26. The van der Waals surface area contributed by atoms with E-state index in [1.165, 1.54) is 131 Å². The number of rotatable bonds is 3. The molecule has 9 aromatic carbocycles. The van der Waals surface area contributed by atoms with Gasteiger partial charge in [-0.25, -0.2) is 0 Å². The summed E-state index contributed by atoms with van der Waals surface area (Å²) in [5, 5.41) is 7.78. The highest BCUT2D eigenvalue weighted by Crippen LogP contribution is 2.55. The SMILES string of the molecule is CC1(C)c2ccccc2-c2ccc(-n3c4ccccc4c4ccc(-c5ccc6c(c5)c5ccccc5n6-c5ccc6c(c5)C(C)(C)c5ccc7c(sc8ccccc87)c5-6)cc43)cc21. The van der Waals surface area contributed by atoms with Crippen LogP contribution in [0.15, 0.2) is 182 Å². The Hall–Kier alpha value is -7.20. The van der Waals surface area contributed by atoms with Crippen LogP contribution in [-0.4, -0.2) is 9.13 Å². The number of benzene rings is 9. The zero-order valence-electron chi connectivity index (χ0n) is 35.6. The monoisotopic (exact) mass is 822 g/mol. The van der Waals surface area contributed by atoms with Crippen LogP contribution in [-0.2, 0) is 10.8 Å². The topological polar surface area (TPSA) is 9.86 Å². The lowest BCUT2D eigenvalue weighted by atomic mass is 9.82. The van der Waals surface area contributed by atoms with Crippen molar-refractivity contribution in [2.45, 2.75) is 38.5 Å². The van der Waals surface area contributed by atoms with Crippen LogP contribution in [0.3, 0.4) is 0 Å². The van der Waals surface area contributed by atoms with Crippen LogP contribution in [0.2, 0.25) is 0 Å². The van der Waals surface area contributed by atoms with Gasteiger partial charge in [0, 0.05) is 69.5 Å². The molecule has 2 nitrogen and oxygen atoms in total. The number of para-hydroxylation sites is 2. The van der Waals surface area contributed by atoms with Crippen molar-refractivity contribution >= 4 is 75.1 Å². The molecule has 14 rings (SSSR count). The molecule has 2 aliphatic carbocycles. The quantitative estimate of drug-likeness (QED) is 0.168. The van der Waals surface area contributed by atoms with Gasteiger partial charge in [0.2, 0.25) is 0 Å². The van der Waals surface area contributed by atoms with E-state index in [9.17, 15) is 0 Å². The molecule has 0 unspecified atom stereocenters. The molecule has 3 heterocycles. The summed E-state index contributed by atoms with van der Waals surface area (Å²) >= 11 is 1.93. The fraction of sp³-hybridized carbons (Fsp3) is 0.100. The van der Waals surface area contributed by atoms with Gasteiger partial charge in [-0.15, -0.1) is 11.3 Å². The second-order valence-corrected chi connectivity index (χ2v) is 19.9. The average molecular weight is 823 g/mol. The van der Waals surface area contributed by atoms with Crippen LogP contribution >= 0.6 is 11.3 Å². The second-order valence-electron chi connectivity index (χ2n) is 18.9. The van der Waals surface area contributed by atoms with Gasteiger partial charge in [0.1, 0.15) is 0 Å². The molecule has 0 N–H and O–H groups in total. The van der Waals surface area contributed by atoms with Crippen LogP contribution in [0, 0.1) is 0 Å². The van der Waals surface area contributed by atoms with Gasteiger partial charge in [-0.2, -0.15) is 0 Å². The Kier molecular flexibility index (Phi) is 6.88. The van der Waals surface area contributed by atoms with Crippen molar-refractivity contribution in [1.29, 1.82) is 0 Å². The first-order valence-electron chi connectivity index (χ1n) is 22.2. The first kappa shape index (κ1) is 35.4. The lowest BCUT2D eigenvalue weighted by Crippen LogP contribution is -2.15. The summed E-state index contributed by atoms with van der Waals surface area (Å²) in [5.74, 6) is 0. The lowest BCUT2D eigenvalue weighted by Gasteiger charge is -2.22. The van der Waals surface area contributed by atoms with Gasteiger partial charge in [0.05, 0.1) is 22.1 Å². The molecule has 0 aliphatic heterocycles. The van der Waals surface area contributed by atoms with Crippen LogP contribution in [0.4, 0.5) is 0 Å². The van der Waals surface area contributed by atoms with Gasteiger partial charge in [0.15, 0.2) is 0 Å². The highest BCUT2D eigenvalue weighted by atomic mass is 32.1. The van der Waals surface area contributed by atoms with Gasteiger partial charge in [-0.05, 0) is 111 Å².